The molecular formula is C14H18FN. The summed E-state index contributed by atoms with van der Waals surface area (Å²) in [5.41, 5.74) is 6.53. The third-order valence-corrected chi connectivity index (χ3v) is 3.28. The average Bonchev–Trinajstić information content (AvgIpc) is 2.76. The van der Waals surface area contributed by atoms with Crippen molar-refractivity contribution in [3.63, 3.8) is 0 Å². The number of halogens is 1. The van der Waals surface area contributed by atoms with E-state index in [0.29, 0.717) is 0 Å². The highest BCUT2D eigenvalue weighted by atomic mass is 19.1. The summed E-state index contributed by atoms with van der Waals surface area (Å²) in [5, 5.41) is 0. The zero-order valence-corrected chi connectivity index (χ0v) is 9.45. The Morgan fingerprint density at radius 2 is 2.06 bits per heavy atom. The average molecular weight is 219 g/mol. The molecule has 0 amide bonds. The third kappa shape index (κ3) is 2.84. The fraction of sp³-hybridized carbons (Fsp3) is 0.429. The van der Waals surface area contributed by atoms with E-state index in [2.05, 4.69) is 6.08 Å². The minimum absolute atomic E-state index is 0.216. The van der Waals surface area contributed by atoms with Gasteiger partial charge in [-0.25, -0.2) is 4.39 Å². The van der Waals surface area contributed by atoms with E-state index in [0.717, 1.165) is 17.9 Å². The highest BCUT2D eigenvalue weighted by Crippen LogP contribution is 2.28. The summed E-state index contributed by atoms with van der Waals surface area (Å²) in [6.07, 6.45) is 10.7. The first-order valence-electron chi connectivity index (χ1n) is 5.97. The Morgan fingerprint density at radius 3 is 2.75 bits per heavy atom. The van der Waals surface area contributed by atoms with E-state index in [-0.39, 0.29) is 11.5 Å². The molecule has 86 valence electrons. The molecule has 0 aliphatic heterocycles. The second kappa shape index (κ2) is 5.15. The van der Waals surface area contributed by atoms with Gasteiger partial charge in [0.15, 0.2) is 0 Å². The van der Waals surface area contributed by atoms with Crippen molar-refractivity contribution in [1.82, 2.24) is 0 Å². The van der Waals surface area contributed by atoms with Gasteiger partial charge in [-0.05, 0) is 30.0 Å². The van der Waals surface area contributed by atoms with Crippen LogP contribution in [0.4, 0.5) is 10.1 Å². The lowest BCUT2D eigenvalue weighted by Crippen LogP contribution is -1.91. The Kier molecular flexibility index (Phi) is 3.60. The van der Waals surface area contributed by atoms with Crippen LogP contribution in [0.1, 0.15) is 37.7 Å². The minimum atomic E-state index is -0.331. The smallest absolute Gasteiger partial charge is 0.146 e. The predicted molar refractivity (Wildman–Crippen MR) is 66.4 cm³/mol. The van der Waals surface area contributed by atoms with Crippen molar-refractivity contribution in [1.29, 1.82) is 0 Å². The molecule has 1 fully saturated rings. The highest BCUT2D eigenvalue weighted by Gasteiger charge is 2.12. The second-order valence-electron chi connectivity index (χ2n) is 4.57. The van der Waals surface area contributed by atoms with Gasteiger partial charge >= 0.3 is 0 Å². The van der Waals surface area contributed by atoms with Gasteiger partial charge in [-0.2, -0.15) is 0 Å². The molecule has 1 nitrogen and oxygen atoms in total. The Labute approximate surface area is 96.2 Å². The van der Waals surface area contributed by atoms with Crippen LogP contribution in [0.25, 0.3) is 6.08 Å². The fourth-order valence-electron chi connectivity index (χ4n) is 2.29. The van der Waals surface area contributed by atoms with Crippen LogP contribution in [-0.4, -0.2) is 0 Å². The molecule has 0 heterocycles. The Morgan fingerprint density at radius 1 is 1.31 bits per heavy atom. The van der Waals surface area contributed by atoms with Gasteiger partial charge in [0.05, 0.1) is 5.69 Å². The SMILES string of the molecule is Nc1ccc(C=CCC2CCCC2)cc1F. The molecular weight excluding hydrogens is 201 g/mol. The van der Waals surface area contributed by atoms with Crippen LogP contribution in [0.2, 0.25) is 0 Å². The van der Waals surface area contributed by atoms with Crippen LogP contribution in [0.3, 0.4) is 0 Å². The number of hydrogen-bond acceptors (Lipinski definition) is 1. The standard InChI is InChI=1S/C14H18FN/c15-13-10-12(8-9-14(13)16)7-3-6-11-4-1-2-5-11/h3,7-11H,1-2,4-6,16H2. The fourth-order valence-corrected chi connectivity index (χ4v) is 2.29. The molecule has 1 saturated carbocycles. The minimum Gasteiger partial charge on any atom is -0.396 e. The van der Waals surface area contributed by atoms with E-state index >= 15 is 0 Å². The van der Waals surface area contributed by atoms with E-state index in [4.69, 9.17) is 5.73 Å². The highest BCUT2D eigenvalue weighted by molar-refractivity contribution is 5.54. The molecule has 16 heavy (non-hydrogen) atoms. The summed E-state index contributed by atoms with van der Waals surface area (Å²) in [6, 6.07) is 4.95. The lowest BCUT2D eigenvalue weighted by molar-refractivity contribution is 0.559. The second-order valence-corrected chi connectivity index (χ2v) is 4.57. The van der Waals surface area contributed by atoms with E-state index in [1.54, 1.807) is 6.07 Å². The van der Waals surface area contributed by atoms with Crippen molar-refractivity contribution in [2.75, 3.05) is 5.73 Å². The number of nitrogen functional groups attached to an aromatic ring is 1. The number of benzene rings is 1. The summed E-state index contributed by atoms with van der Waals surface area (Å²) in [7, 11) is 0. The van der Waals surface area contributed by atoms with E-state index in [1.165, 1.54) is 31.7 Å². The Bertz CT molecular complexity index is 378. The zero-order valence-electron chi connectivity index (χ0n) is 9.45. The molecule has 0 unspecified atom stereocenters. The number of hydrogen-bond donors (Lipinski definition) is 1. The van der Waals surface area contributed by atoms with Gasteiger partial charge in [0.1, 0.15) is 5.82 Å². The topological polar surface area (TPSA) is 26.0 Å². The van der Waals surface area contributed by atoms with Gasteiger partial charge in [0.2, 0.25) is 0 Å². The van der Waals surface area contributed by atoms with E-state index in [9.17, 15) is 4.39 Å². The summed E-state index contributed by atoms with van der Waals surface area (Å²) >= 11 is 0. The molecule has 1 aliphatic rings. The summed E-state index contributed by atoms with van der Waals surface area (Å²) in [5.74, 6) is 0.512. The quantitative estimate of drug-likeness (QED) is 0.764. The van der Waals surface area contributed by atoms with Crippen molar-refractivity contribution in [2.45, 2.75) is 32.1 Å². The largest absolute Gasteiger partial charge is 0.396 e. The van der Waals surface area contributed by atoms with Crippen molar-refractivity contribution >= 4 is 11.8 Å². The molecule has 1 aliphatic carbocycles. The van der Waals surface area contributed by atoms with E-state index in [1.807, 2.05) is 12.1 Å². The molecule has 0 saturated heterocycles. The normalized spacial score (nSPS) is 17.3. The summed E-state index contributed by atoms with van der Waals surface area (Å²) in [4.78, 5) is 0. The molecule has 2 heteroatoms. The van der Waals surface area contributed by atoms with Crippen LogP contribution in [0, 0.1) is 11.7 Å². The molecule has 0 atom stereocenters. The molecule has 2 rings (SSSR count). The van der Waals surface area contributed by atoms with Crippen LogP contribution in [0.15, 0.2) is 24.3 Å². The molecule has 1 aromatic rings. The number of rotatable bonds is 3. The molecule has 0 aromatic heterocycles. The molecule has 0 radical (unpaired) electrons. The lowest BCUT2D eigenvalue weighted by atomic mass is 10.0. The van der Waals surface area contributed by atoms with Crippen LogP contribution < -0.4 is 5.73 Å². The Hall–Kier alpha value is -1.31. The number of anilines is 1. The van der Waals surface area contributed by atoms with Crippen molar-refractivity contribution < 1.29 is 4.39 Å². The van der Waals surface area contributed by atoms with Gasteiger partial charge in [0, 0.05) is 0 Å². The van der Waals surface area contributed by atoms with Crippen LogP contribution in [-0.2, 0) is 0 Å². The third-order valence-electron chi connectivity index (χ3n) is 3.28. The molecule has 0 spiro atoms. The number of allylic oxidation sites excluding steroid dienone is 1. The summed E-state index contributed by atoms with van der Waals surface area (Å²) < 4.78 is 13.1. The van der Waals surface area contributed by atoms with Crippen LogP contribution >= 0.6 is 0 Å². The van der Waals surface area contributed by atoms with Crippen molar-refractivity contribution in [3.8, 4) is 0 Å². The van der Waals surface area contributed by atoms with Crippen molar-refractivity contribution in [3.05, 3.63) is 35.7 Å². The van der Waals surface area contributed by atoms with Crippen LogP contribution in [0.5, 0.6) is 0 Å². The summed E-state index contributed by atoms with van der Waals surface area (Å²) in [6.45, 7) is 0. The van der Waals surface area contributed by atoms with Gasteiger partial charge in [-0.15, -0.1) is 0 Å². The van der Waals surface area contributed by atoms with Crippen molar-refractivity contribution in [2.24, 2.45) is 5.92 Å². The lowest BCUT2D eigenvalue weighted by Gasteiger charge is -2.03. The number of nitrogens with two attached hydrogens (primary N) is 1. The van der Waals surface area contributed by atoms with E-state index < -0.39 is 0 Å². The monoisotopic (exact) mass is 219 g/mol. The predicted octanol–water partition coefficient (Wildman–Crippen LogP) is 4.00. The first-order chi connectivity index (χ1) is 7.75. The molecule has 0 bridgehead atoms. The maximum Gasteiger partial charge on any atom is 0.146 e. The zero-order chi connectivity index (χ0) is 11.4. The first-order valence-corrected chi connectivity index (χ1v) is 5.97. The van der Waals surface area contributed by atoms with Gasteiger partial charge in [-0.3, -0.25) is 0 Å². The molecule has 1 aromatic carbocycles. The van der Waals surface area contributed by atoms with Gasteiger partial charge in [0.25, 0.3) is 0 Å². The first kappa shape index (κ1) is 11.2. The van der Waals surface area contributed by atoms with Gasteiger partial charge in [-0.1, -0.05) is 43.9 Å². The molecule has 2 N–H and O–H groups in total. The maximum atomic E-state index is 13.1. The van der Waals surface area contributed by atoms with Gasteiger partial charge < -0.3 is 5.73 Å². The maximum absolute atomic E-state index is 13.1. The Balaban J connectivity index is 1.92.